The van der Waals surface area contributed by atoms with Gasteiger partial charge in [-0.3, -0.25) is 4.79 Å². The molecule has 1 aliphatic heterocycles. The highest BCUT2D eigenvalue weighted by Gasteiger charge is 2.33. The van der Waals surface area contributed by atoms with E-state index in [1.165, 1.54) is 30.3 Å². The quantitative estimate of drug-likeness (QED) is 0.511. The lowest BCUT2D eigenvalue weighted by Crippen LogP contribution is -2.48. The summed E-state index contributed by atoms with van der Waals surface area (Å²) in [6, 6.07) is 13.2. The van der Waals surface area contributed by atoms with Crippen molar-refractivity contribution < 1.29 is 18.0 Å². The third-order valence-electron chi connectivity index (χ3n) is 7.56. The van der Waals surface area contributed by atoms with Crippen molar-refractivity contribution in [1.29, 1.82) is 0 Å². The Morgan fingerprint density at radius 3 is 2.23 bits per heavy atom. The lowest BCUT2D eigenvalue weighted by atomic mass is 9.83. The fourth-order valence-electron chi connectivity index (χ4n) is 5.30. The number of hydrogen-bond acceptors (Lipinski definition) is 3. The van der Waals surface area contributed by atoms with E-state index in [1.807, 2.05) is 4.90 Å². The second-order valence-electron chi connectivity index (χ2n) is 10.1. The van der Waals surface area contributed by atoms with Gasteiger partial charge in [0.2, 0.25) is 5.91 Å². The van der Waals surface area contributed by atoms with Crippen LogP contribution in [0.15, 0.2) is 42.5 Å². The number of nitrogens with zero attached hydrogens (tertiary/aromatic N) is 2. The lowest BCUT2D eigenvalue weighted by molar-refractivity contribution is -0.138. The molecule has 2 aliphatic rings. The molecule has 4 rings (SSSR count). The number of alkyl halides is 3. The van der Waals surface area contributed by atoms with Crippen molar-refractivity contribution >= 4 is 17.3 Å². The number of piperazine rings is 1. The summed E-state index contributed by atoms with van der Waals surface area (Å²) in [5.74, 6) is 0.753. The van der Waals surface area contributed by atoms with E-state index in [0.29, 0.717) is 18.0 Å². The largest absolute Gasteiger partial charge is 0.416 e. The number of halogens is 3. The molecular formula is C28H36F3N3O. The smallest absolute Gasteiger partial charge is 0.382 e. The summed E-state index contributed by atoms with van der Waals surface area (Å²) in [5, 5.41) is 3.30. The molecule has 190 valence electrons. The van der Waals surface area contributed by atoms with Crippen LogP contribution in [0.1, 0.15) is 55.2 Å². The molecular weight excluding hydrogens is 451 g/mol. The van der Waals surface area contributed by atoms with Crippen molar-refractivity contribution in [3.8, 4) is 0 Å². The van der Waals surface area contributed by atoms with Crippen LogP contribution in [0.4, 0.5) is 24.5 Å². The molecule has 35 heavy (non-hydrogen) atoms. The first-order chi connectivity index (χ1) is 16.7. The minimum Gasteiger partial charge on any atom is -0.382 e. The molecule has 0 spiro atoms. The zero-order chi connectivity index (χ0) is 25.0. The topological polar surface area (TPSA) is 35.6 Å². The van der Waals surface area contributed by atoms with Crippen LogP contribution in [0, 0.1) is 19.8 Å². The Balaban J connectivity index is 1.17. The number of amides is 1. The van der Waals surface area contributed by atoms with Gasteiger partial charge in [0.05, 0.1) is 5.56 Å². The normalized spacial score (nSPS) is 21.2. The molecule has 0 bridgehead atoms. The average molecular weight is 488 g/mol. The van der Waals surface area contributed by atoms with Gasteiger partial charge in [0.15, 0.2) is 0 Å². The number of aryl methyl sites for hydroxylation is 2. The summed E-state index contributed by atoms with van der Waals surface area (Å²) >= 11 is 0. The fourth-order valence-corrected chi connectivity index (χ4v) is 5.30. The summed E-state index contributed by atoms with van der Waals surface area (Å²) in [6.07, 6.45) is 0.993. The van der Waals surface area contributed by atoms with Gasteiger partial charge in [0.1, 0.15) is 0 Å². The Hall–Kier alpha value is -2.70. The van der Waals surface area contributed by atoms with Crippen molar-refractivity contribution in [2.45, 2.75) is 64.6 Å². The molecule has 0 radical (unpaired) electrons. The highest BCUT2D eigenvalue weighted by Crippen LogP contribution is 2.35. The highest BCUT2D eigenvalue weighted by atomic mass is 19.4. The van der Waals surface area contributed by atoms with E-state index in [0.717, 1.165) is 58.3 Å². The van der Waals surface area contributed by atoms with Crippen molar-refractivity contribution in [3.63, 3.8) is 0 Å². The van der Waals surface area contributed by atoms with Crippen LogP contribution < -0.4 is 10.2 Å². The SMILES string of the molecule is Cc1ccc(N2CCN(C(=O)CCC3CCC(Nc4ccc(C)c(C(F)(F)F)c4)CC3)CC2)cc1. The molecule has 1 aliphatic carbocycles. The molecule has 2 fully saturated rings. The van der Waals surface area contributed by atoms with Crippen molar-refractivity contribution in [2.24, 2.45) is 5.92 Å². The van der Waals surface area contributed by atoms with Crippen molar-refractivity contribution in [3.05, 3.63) is 59.2 Å². The van der Waals surface area contributed by atoms with Gasteiger partial charge in [-0.2, -0.15) is 13.2 Å². The van der Waals surface area contributed by atoms with Gasteiger partial charge in [-0.25, -0.2) is 0 Å². The first-order valence-electron chi connectivity index (χ1n) is 12.7. The van der Waals surface area contributed by atoms with Gasteiger partial charge in [-0.05, 0) is 81.7 Å². The van der Waals surface area contributed by atoms with Gasteiger partial charge >= 0.3 is 6.18 Å². The first-order valence-corrected chi connectivity index (χ1v) is 12.7. The highest BCUT2D eigenvalue weighted by molar-refractivity contribution is 5.76. The van der Waals surface area contributed by atoms with E-state index in [9.17, 15) is 18.0 Å². The zero-order valence-corrected chi connectivity index (χ0v) is 20.7. The van der Waals surface area contributed by atoms with E-state index in [-0.39, 0.29) is 17.5 Å². The molecule has 1 heterocycles. The number of rotatable bonds is 6. The van der Waals surface area contributed by atoms with Crippen LogP contribution in [0.2, 0.25) is 0 Å². The summed E-state index contributed by atoms with van der Waals surface area (Å²) < 4.78 is 39.6. The summed E-state index contributed by atoms with van der Waals surface area (Å²) in [6.45, 7) is 6.82. The van der Waals surface area contributed by atoms with Crippen LogP contribution >= 0.6 is 0 Å². The molecule has 0 atom stereocenters. The monoisotopic (exact) mass is 487 g/mol. The van der Waals surface area contributed by atoms with E-state index in [4.69, 9.17) is 0 Å². The van der Waals surface area contributed by atoms with Gasteiger partial charge < -0.3 is 15.1 Å². The molecule has 1 saturated heterocycles. The zero-order valence-electron chi connectivity index (χ0n) is 20.7. The average Bonchev–Trinajstić information content (AvgIpc) is 2.84. The third-order valence-corrected chi connectivity index (χ3v) is 7.56. The van der Waals surface area contributed by atoms with E-state index in [1.54, 1.807) is 6.07 Å². The Morgan fingerprint density at radius 1 is 0.943 bits per heavy atom. The number of nitrogens with one attached hydrogen (secondary N) is 1. The summed E-state index contributed by atoms with van der Waals surface area (Å²) in [4.78, 5) is 17.1. The van der Waals surface area contributed by atoms with Crippen LogP contribution in [0.5, 0.6) is 0 Å². The second kappa shape index (κ2) is 10.9. The number of carbonyl (C=O) groups is 1. The lowest BCUT2D eigenvalue weighted by Gasteiger charge is -2.36. The van der Waals surface area contributed by atoms with Crippen LogP contribution in [-0.2, 0) is 11.0 Å². The molecule has 0 unspecified atom stereocenters. The predicted molar refractivity (Wildman–Crippen MR) is 135 cm³/mol. The molecule has 1 saturated carbocycles. The fraction of sp³-hybridized carbons (Fsp3) is 0.536. The maximum atomic E-state index is 13.2. The molecule has 2 aromatic rings. The van der Waals surface area contributed by atoms with Crippen molar-refractivity contribution in [1.82, 2.24) is 4.90 Å². The Morgan fingerprint density at radius 2 is 1.60 bits per heavy atom. The van der Waals surface area contributed by atoms with Gasteiger partial charge in [-0.15, -0.1) is 0 Å². The molecule has 1 N–H and O–H groups in total. The van der Waals surface area contributed by atoms with Crippen molar-refractivity contribution in [2.75, 3.05) is 36.4 Å². The maximum absolute atomic E-state index is 13.2. The molecule has 0 aromatic heterocycles. The van der Waals surface area contributed by atoms with Gasteiger partial charge in [0.25, 0.3) is 0 Å². The van der Waals surface area contributed by atoms with Crippen LogP contribution in [0.3, 0.4) is 0 Å². The number of hydrogen-bond donors (Lipinski definition) is 1. The Kier molecular flexibility index (Phi) is 7.92. The van der Waals surface area contributed by atoms with E-state index < -0.39 is 11.7 Å². The number of anilines is 2. The van der Waals surface area contributed by atoms with Crippen LogP contribution in [0.25, 0.3) is 0 Å². The molecule has 1 amide bonds. The van der Waals surface area contributed by atoms with E-state index >= 15 is 0 Å². The molecule has 4 nitrogen and oxygen atoms in total. The third kappa shape index (κ3) is 6.71. The number of carbonyl (C=O) groups excluding carboxylic acids is 1. The molecule has 2 aromatic carbocycles. The predicted octanol–water partition coefficient (Wildman–Crippen LogP) is 6.42. The maximum Gasteiger partial charge on any atom is 0.416 e. The summed E-state index contributed by atoms with van der Waals surface area (Å²) in [5.41, 5.74) is 2.67. The van der Waals surface area contributed by atoms with E-state index in [2.05, 4.69) is 41.4 Å². The summed E-state index contributed by atoms with van der Waals surface area (Å²) in [7, 11) is 0. The minimum atomic E-state index is -4.33. The number of benzene rings is 2. The van der Waals surface area contributed by atoms with Crippen LogP contribution in [-0.4, -0.2) is 43.0 Å². The minimum absolute atomic E-state index is 0.181. The Bertz CT molecular complexity index is 989. The standard InChI is InChI=1S/C28H36F3N3O/c1-20-3-12-25(13-4-20)33-15-17-34(18-16-33)27(35)14-8-22-6-10-23(11-7-22)32-24-9-5-21(2)26(19-24)28(29,30)31/h3-5,9,12-13,19,22-23,32H,6-8,10-11,14-18H2,1-2H3. The first kappa shape index (κ1) is 25.4. The second-order valence-corrected chi connectivity index (χ2v) is 10.1. The Labute approximate surface area is 206 Å². The van der Waals surface area contributed by atoms with Gasteiger partial charge in [0, 0.05) is 50.0 Å². The molecule has 7 heteroatoms. The van der Waals surface area contributed by atoms with Gasteiger partial charge in [-0.1, -0.05) is 23.8 Å².